The van der Waals surface area contributed by atoms with Gasteiger partial charge in [-0.15, -0.1) is 0 Å². The number of carbonyl (C=O) groups is 1. The zero-order valence-electron chi connectivity index (χ0n) is 11.3. The Bertz CT molecular complexity index is 500. The fourth-order valence-electron chi connectivity index (χ4n) is 1.60. The highest BCUT2D eigenvalue weighted by Crippen LogP contribution is 2.05. The summed E-state index contributed by atoms with van der Waals surface area (Å²) in [6.45, 7) is 0.528. The number of nitrogens with zero attached hydrogens (tertiary/aromatic N) is 1. The molecule has 0 bridgehead atoms. The summed E-state index contributed by atoms with van der Waals surface area (Å²) in [5.74, 6) is 0.548. The van der Waals surface area contributed by atoms with Crippen molar-refractivity contribution in [3.05, 3.63) is 35.4 Å². The second kappa shape index (κ2) is 8.31. The van der Waals surface area contributed by atoms with Crippen LogP contribution in [0.5, 0.6) is 0 Å². The average Bonchev–Trinajstić information content (AvgIpc) is 2.43. The third-order valence-corrected chi connectivity index (χ3v) is 3.52. The molecule has 0 heterocycles. The number of rotatable bonds is 7. The van der Waals surface area contributed by atoms with Gasteiger partial charge in [0.25, 0.3) is 0 Å². The Kier molecular flexibility index (Phi) is 6.72. The summed E-state index contributed by atoms with van der Waals surface area (Å²) in [6, 6.07) is 6.90. The summed E-state index contributed by atoms with van der Waals surface area (Å²) in [6.07, 6.45) is 2.62. The van der Waals surface area contributed by atoms with Gasteiger partial charge in [-0.3, -0.25) is 9.00 Å². The number of hydrogen-bond acceptors (Lipinski definition) is 4. The largest absolute Gasteiger partial charge is 0.409 e. The highest BCUT2D eigenvalue weighted by atomic mass is 32.2. The van der Waals surface area contributed by atoms with Crippen LogP contribution in [-0.2, 0) is 22.0 Å². The molecule has 1 unspecified atom stereocenters. The Morgan fingerprint density at radius 3 is 2.60 bits per heavy atom. The van der Waals surface area contributed by atoms with Gasteiger partial charge in [-0.05, 0) is 12.0 Å². The molecule has 0 radical (unpaired) electrons. The molecule has 0 saturated heterocycles. The van der Waals surface area contributed by atoms with Crippen molar-refractivity contribution in [2.75, 3.05) is 18.6 Å². The molecule has 1 rings (SSSR count). The van der Waals surface area contributed by atoms with E-state index in [1.54, 1.807) is 30.5 Å². The average molecular weight is 297 g/mol. The quantitative estimate of drug-likeness (QED) is 0.220. The van der Waals surface area contributed by atoms with Gasteiger partial charge >= 0.3 is 0 Å². The lowest BCUT2D eigenvalue weighted by Crippen LogP contribution is -2.27. The van der Waals surface area contributed by atoms with Gasteiger partial charge in [0.2, 0.25) is 5.91 Å². The number of oxime groups is 1. The van der Waals surface area contributed by atoms with Crippen LogP contribution in [0.2, 0.25) is 0 Å². The first-order chi connectivity index (χ1) is 9.52. The molecular formula is C13H19N3O3S. The van der Waals surface area contributed by atoms with Crippen LogP contribution in [0, 0.1) is 0 Å². The molecule has 0 aliphatic rings. The van der Waals surface area contributed by atoms with Gasteiger partial charge in [0, 0.05) is 34.9 Å². The summed E-state index contributed by atoms with van der Waals surface area (Å²) in [7, 11) is -0.821. The first kappa shape index (κ1) is 16.2. The fraction of sp³-hybridized carbons (Fsp3) is 0.385. The molecule has 110 valence electrons. The van der Waals surface area contributed by atoms with Crippen molar-refractivity contribution in [3.8, 4) is 0 Å². The third-order valence-electron chi connectivity index (χ3n) is 2.65. The smallest absolute Gasteiger partial charge is 0.224 e. The van der Waals surface area contributed by atoms with E-state index >= 15 is 0 Å². The molecule has 1 aromatic rings. The van der Waals surface area contributed by atoms with Gasteiger partial charge in [0.05, 0.1) is 6.42 Å². The minimum Gasteiger partial charge on any atom is -0.409 e. The molecule has 0 fully saturated rings. The van der Waals surface area contributed by atoms with E-state index in [-0.39, 0.29) is 18.2 Å². The van der Waals surface area contributed by atoms with E-state index in [4.69, 9.17) is 10.9 Å². The number of hydrogen-bond donors (Lipinski definition) is 3. The van der Waals surface area contributed by atoms with Crippen LogP contribution < -0.4 is 11.1 Å². The van der Waals surface area contributed by atoms with Crippen LogP contribution in [0.25, 0.3) is 0 Å². The number of amides is 1. The predicted molar refractivity (Wildman–Crippen MR) is 79.2 cm³/mol. The van der Waals surface area contributed by atoms with E-state index in [1.807, 2.05) is 0 Å². The SMILES string of the molecule is CS(=O)CCCNC(=O)Cc1ccc(/C(N)=N/O)cc1. The van der Waals surface area contributed by atoms with E-state index < -0.39 is 10.8 Å². The Hall–Kier alpha value is -1.89. The molecule has 1 aromatic carbocycles. The lowest BCUT2D eigenvalue weighted by Gasteiger charge is -2.05. The van der Waals surface area contributed by atoms with Crippen molar-refractivity contribution in [3.63, 3.8) is 0 Å². The maximum absolute atomic E-state index is 11.7. The number of carbonyl (C=O) groups excluding carboxylic acids is 1. The van der Waals surface area contributed by atoms with Crippen molar-refractivity contribution in [2.45, 2.75) is 12.8 Å². The summed E-state index contributed by atoms with van der Waals surface area (Å²) in [5.41, 5.74) is 6.89. The third kappa shape index (κ3) is 5.83. The maximum atomic E-state index is 11.7. The molecule has 6 nitrogen and oxygen atoms in total. The lowest BCUT2D eigenvalue weighted by atomic mass is 10.1. The van der Waals surface area contributed by atoms with Crippen LogP contribution in [0.3, 0.4) is 0 Å². The van der Waals surface area contributed by atoms with Crippen molar-refractivity contribution >= 4 is 22.5 Å². The van der Waals surface area contributed by atoms with E-state index in [0.717, 1.165) is 5.56 Å². The molecule has 20 heavy (non-hydrogen) atoms. The number of nitrogens with two attached hydrogens (primary N) is 1. The normalized spacial score (nSPS) is 12.9. The fourth-order valence-corrected chi connectivity index (χ4v) is 2.15. The molecule has 7 heteroatoms. The van der Waals surface area contributed by atoms with Crippen LogP contribution in [0.15, 0.2) is 29.4 Å². The van der Waals surface area contributed by atoms with Crippen molar-refractivity contribution < 1.29 is 14.2 Å². The standard InChI is InChI=1S/C13H19N3O3S/c1-20(19)8-2-7-15-12(17)9-10-3-5-11(6-4-10)13(14)16-18/h3-6,18H,2,7-9H2,1H3,(H2,14,16)(H,15,17). The van der Waals surface area contributed by atoms with E-state index in [9.17, 15) is 9.00 Å². The van der Waals surface area contributed by atoms with Gasteiger partial charge in [-0.25, -0.2) is 0 Å². The van der Waals surface area contributed by atoms with Crippen molar-refractivity contribution in [2.24, 2.45) is 10.9 Å². The molecule has 0 saturated carbocycles. The molecule has 0 aliphatic heterocycles. The number of nitrogens with one attached hydrogen (secondary N) is 1. The summed E-state index contributed by atoms with van der Waals surface area (Å²) >= 11 is 0. The Balaban J connectivity index is 2.40. The number of amidine groups is 1. The number of benzene rings is 1. The highest BCUT2D eigenvalue weighted by Gasteiger charge is 2.04. The minimum atomic E-state index is -0.821. The molecule has 4 N–H and O–H groups in total. The van der Waals surface area contributed by atoms with Crippen LogP contribution in [0.4, 0.5) is 0 Å². The Morgan fingerprint density at radius 2 is 2.05 bits per heavy atom. The molecular weight excluding hydrogens is 278 g/mol. The molecule has 0 aliphatic carbocycles. The van der Waals surface area contributed by atoms with Crippen LogP contribution in [-0.4, -0.2) is 39.7 Å². The van der Waals surface area contributed by atoms with Crippen molar-refractivity contribution in [1.82, 2.24) is 5.32 Å². The Morgan fingerprint density at radius 1 is 1.40 bits per heavy atom. The zero-order chi connectivity index (χ0) is 15.0. The van der Waals surface area contributed by atoms with Gasteiger partial charge in [-0.1, -0.05) is 29.4 Å². The first-order valence-electron chi connectivity index (χ1n) is 6.16. The summed E-state index contributed by atoms with van der Waals surface area (Å²) in [4.78, 5) is 11.7. The van der Waals surface area contributed by atoms with Crippen LogP contribution >= 0.6 is 0 Å². The van der Waals surface area contributed by atoms with E-state index in [0.29, 0.717) is 24.3 Å². The second-order valence-electron chi connectivity index (χ2n) is 4.34. The molecule has 1 atom stereocenters. The predicted octanol–water partition coefficient (Wildman–Crippen LogP) is 0.208. The summed E-state index contributed by atoms with van der Waals surface area (Å²) < 4.78 is 10.9. The van der Waals surface area contributed by atoms with Crippen molar-refractivity contribution in [1.29, 1.82) is 0 Å². The lowest BCUT2D eigenvalue weighted by molar-refractivity contribution is -0.120. The summed E-state index contributed by atoms with van der Waals surface area (Å²) in [5, 5.41) is 14.2. The van der Waals surface area contributed by atoms with Gasteiger partial charge < -0.3 is 16.3 Å². The van der Waals surface area contributed by atoms with Gasteiger partial charge in [0.1, 0.15) is 0 Å². The monoisotopic (exact) mass is 297 g/mol. The Labute approximate surface area is 120 Å². The van der Waals surface area contributed by atoms with Gasteiger partial charge in [-0.2, -0.15) is 0 Å². The maximum Gasteiger partial charge on any atom is 0.224 e. The minimum absolute atomic E-state index is 0.0357. The zero-order valence-corrected chi connectivity index (χ0v) is 12.2. The van der Waals surface area contributed by atoms with Gasteiger partial charge in [0.15, 0.2) is 5.84 Å². The second-order valence-corrected chi connectivity index (χ2v) is 5.89. The van der Waals surface area contributed by atoms with E-state index in [1.165, 1.54) is 0 Å². The highest BCUT2D eigenvalue weighted by molar-refractivity contribution is 7.84. The molecule has 0 aromatic heterocycles. The topological polar surface area (TPSA) is 105 Å². The molecule has 1 amide bonds. The van der Waals surface area contributed by atoms with Crippen LogP contribution in [0.1, 0.15) is 17.5 Å². The van der Waals surface area contributed by atoms with E-state index in [2.05, 4.69) is 10.5 Å². The first-order valence-corrected chi connectivity index (χ1v) is 7.89. The molecule has 0 spiro atoms.